The summed E-state index contributed by atoms with van der Waals surface area (Å²) in [7, 11) is 1.80. The van der Waals surface area contributed by atoms with E-state index in [2.05, 4.69) is 0 Å². The van der Waals surface area contributed by atoms with Gasteiger partial charge in [0.1, 0.15) is 11.7 Å². The zero-order valence-corrected chi connectivity index (χ0v) is 12.0. The fourth-order valence-corrected chi connectivity index (χ4v) is 3.30. The molecule has 2 aromatic rings. The zero-order valence-electron chi connectivity index (χ0n) is 12.0. The molecule has 0 bridgehead atoms. The summed E-state index contributed by atoms with van der Waals surface area (Å²) in [6.07, 6.45) is 1.75. The van der Waals surface area contributed by atoms with Gasteiger partial charge in [-0.15, -0.1) is 0 Å². The molecule has 3 nitrogen and oxygen atoms in total. The average molecular weight is 279 g/mol. The third kappa shape index (κ3) is 1.88. The molecule has 0 N–H and O–H groups in total. The number of fused-ring (bicyclic) bond motifs is 1. The lowest BCUT2D eigenvalue weighted by Crippen LogP contribution is -2.39. The third-order valence-corrected chi connectivity index (χ3v) is 4.30. The highest BCUT2D eigenvalue weighted by Gasteiger charge is 2.50. The number of nitrogens with zero attached hydrogens (tertiary/aromatic N) is 1. The van der Waals surface area contributed by atoms with Crippen LogP contribution in [0.25, 0.3) is 0 Å². The van der Waals surface area contributed by atoms with Crippen LogP contribution < -0.4 is 4.90 Å². The van der Waals surface area contributed by atoms with Crippen molar-refractivity contribution >= 4 is 17.9 Å². The molecule has 3 rings (SSSR count). The predicted octanol–water partition coefficient (Wildman–Crippen LogP) is 2.93. The topological polar surface area (TPSA) is 37.4 Å². The number of carbonyl (C=O) groups excluding carboxylic acids is 2. The molecule has 1 heterocycles. The van der Waals surface area contributed by atoms with Gasteiger partial charge in [-0.25, -0.2) is 0 Å². The number of para-hydroxylation sites is 1. The molecule has 0 aromatic heterocycles. The summed E-state index contributed by atoms with van der Waals surface area (Å²) < 4.78 is 0. The summed E-state index contributed by atoms with van der Waals surface area (Å²) >= 11 is 0. The second kappa shape index (κ2) is 5.17. The molecule has 0 fully saturated rings. The maximum atomic E-state index is 13.0. The summed E-state index contributed by atoms with van der Waals surface area (Å²) in [6, 6.07) is 17.6. The van der Waals surface area contributed by atoms with Crippen molar-refractivity contribution in [3.05, 3.63) is 65.7 Å². The van der Waals surface area contributed by atoms with Crippen LogP contribution in [0.5, 0.6) is 0 Å². The van der Waals surface area contributed by atoms with Gasteiger partial charge < -0.3 is 9.69 Å². The maximum Gasteiger partial charge on any atom is 0.241 e. The number of anilines is 1. The highest BCUT2D eigenvalue weighted by Crippen LogP contribution is 2.48. The molecule has 1 aliphatic heterocycles. The first-order chi connectivity index (χ1) is 10.2. The summed E-state index contributed by atoms with van der Waals surface area (Å²) in [6.45, 7) is 0. The van der Waals surface area contributed by atoms with Crippen molar-refractivity contribution in [3.8, 4) is 0 Å². The van der Waals surface area contributed by atoms with Gasteiger partial charge in [0.05, 0.1) is 0 Å². The number of benzene rings is 2. The van der Waals surface area contributed by atoms with Crippen molar-refractivity contribution in [2.75, 3.05) is 11.9 Å². The number of hydrogen-bond acceptors (Lipinski definition) is 2. The number of hydrogen-bond donors (Lipinski definition) is 0. The maximum absolute atomic E-state index is 13.0. The predicted molar refractivity (Wildman–Crippen MR) is 82.4 cm³/mol. The molecule has 0 aliphatic carbocycles. The number of amides is 1. The van der Waals surface area contributed by atoms with Crippen LogP contribution in [0.3, 0.4) is 0 Å². The van der Waals surface area contributed by atoms with Crippen molar-refractivity contribution in [1.29, 1.82) is 0 Å². The Morgan fingerprint density at radius 2 is 1.71 bits per heavy atom. The Morgan fingerprint density at radius 3 is 2.43 bits per heavy atom. The molecule has 1 aliphatic rings. The Bertz CT molecular complexity index is 681. The molecule has 2 aromatic carbocycles. The summed E-state index contributed by atoms with van der Waals surface area (Å²) in [5.41, 5.74) is 2.13. The highest BCUT2D eigenvalue weighted by molar-refractivity contribution is 6.10. The summed E-state index contributed by atoms with van der Waals surface area (Å²) in [5.74, 6) is 0.0387. The fraction of sp³-hybridized carbons (Fsp3) is 0.222. The Balaban J connectivity index is 2.25. The van der Waals surface area contributed by atoms with E-state index in [1.54, 1.807) is 11.9 Å². The first-order valence-electron chi connectivity index (χ1n) is 7.08. The lowest BCUT2D eigenvalue weighted by molar-refractivity contribution is -0.121. The van der Waals surface area contributed by atoms with Gasteiger partial charge in [-0.1, -0.05) is 48.5 Å². The van der Waals surface area contributed by atoms with Crippen molar-refractivity contribution in [2.24, 2.45) is 0 Å². The van der Waals surface area contributed by atoms with Crippen LogP contribution in [0.1, 0.15) is 24.0 Å². The normalized spacial score (nSPS) is 20.4. The monoisotopic (exact) mass is 279 g/mol. The molecule has 0 saturated heterocycles. The van der Waals surface area contributed by atoms with Crippen LogP contribution in [0, 0.1) is 0 Å². The lowest BCUT2D eigenvalue weighted by Gasteiger charge is -2.28. The van der Waals surface area contributed by atoms with Crippen molar-refractivity contribution in [1.82, 2.24) is 0 Å². The molecule has 1 amide bonds. The average Bonchev–Trinajstić information content (AvgIpc) is 2.76. The lowest BCUT2D eigenvalue weighted by atomic mass is 9.72. The van der Waals surface area contributed by atoms with E-state index >= 15 is 0 Å². The van der Waals surface area contributed by atoms with E-state index in [0.717, 1.165) is 23.1 Å². The molecule has 0 spiro atoms. The van der Waals surface area contributed by atoms with E-state index in [1.165, 1.54) is 0 Å². The van der Waals surface area contributed by atoms with E-state index in [-0.39, 0.29) is 5.91 Å². The second-order valence-electron chi connectivity index (χ2n) is 5.36. The van der Waals surface area contributed by atoms with Gasteiger partial charge in [-0.05, 0) is 23.6 Å². The smallest absolute Gasteiger partial charge is 0.241 e. The Morgan fingerprint density at radius 1 is 1.05 bits per heavy atom. The molecular weight excluding hydrogens is 262 g/mol. The molecule has 1 atom stereocenters. The second-order valence-corrected chi connectivity index (χ2v) is 5.36. The van der Waals surface area contributed by atoms with Gasteiger partial charge in [-0.3, -0.25) is 4.79 Å². The highest BCUT2D eigenvalue weighted by atomic mass is 16.2. The molecule has 0 radical (unpaired) electrons. The molecule has 21 heavy (non-hydrogen) atoms. The largest absolute Gasteiger partial charge is 0.314 e. The summed E-state index contributed by atoms with van der Waals surface area (Å²) in [4.78, 5) is 25.6. The minimum absolute atomic E-state index is 0.0387. The minimum atomic E-state index is -0.743. The van der Waals surface area contributed by atoms with E-state index in [1.807, 2.05) is 54.6 Å². The molecule has 106 valence electrons. The Kier molecular flexibility index (Phi) is 3.34. The van der Waals surface area contributed by atoms with Crippen LogP contribution in [-0.4, -0.2) is 19.2 Å². The van der Waals surface area contributed by atoms with E-state index in [4.69, 9.17) is 0 Å². The van der Waals surface area contributed by atoms with E-state index < -0.39 is 5.41 Å². The molecule has 0 unspecified atom stereocenters. The van der Waals surface area contributed by atoms with Gasteiger partial charge in [0.15, 0.2) is 0 Å². The van der Waals surface area contributed by atoms with Gasteiger partial charge >= 0.3 is 0 Å². The number of carbonyl (C=O) groups is 2. The van der Waals surface area contributed by atoms with Crippen LogP contribution in [0.15, 0.2) is 54.6 Å². The fourth-order valence-electron chi connectivity index (χ4n) is 3.30. The SMILES string of the molecule is CN1C(=O)[C@](CCC=O)(c2ccccc2)c2ccccc21. The van der Waals surface area contributed by atoms with Crippen molar-refractivity contribution in [2.45, 2.75) is 18.3 Å². The van der Waals surface area contributed by atoms with Gasteiger partial charge in [0, 0.05) is 19.2 Å². The first-order valence-corrected chi connectivity index (χ1v) is 7.08. The summed E-state index contributed by atoms with van der Waals surface area (Å²) in [5, 5.41) is 0. The number of aldehydes is 1. The third-order valence-electron chi connectivity index (χ3n) is 4.30. The number of likely N-dealkylation sites (N-methyl/N-ethyl adjacent to an activating group) is 1. The first kappa shape index (κ1) is 13.6. The van der Waals surface area contributed by atoms with Crippen LogP contribution in [0.4, 0.5) is 5.69 Å². The zero-order chi connectivity index (χ0) is 14.9. The Labute approximate surface area is 124 Å². The van der Waals surface area contributed by atoms with Gasteiger partial charge in [0.25, 0.3) is 0 Å². The molecular formula is C18H17NO2. The molecule has 3 heteroatoms. The quantitative estimate of drug-likeness (QED) is 0.807. The van der Waals surface area contributed by atoms with E-state index in [9.17, 15) is 9.59 Å². The van der Waals surface area contributed by atoms with Crippen molar-refractivity contribution < 1.29 is 9.59 Å². The van der Waals surface area contributed by atoms with Gasteiger partial charge in [-0.2, -0.15) is 0 Å². The molecule has 0 saturated carbocycles. The number of rotatable bonds is 4. The Hall–Kier alpha value is -2.42. The minimum Gasteiger partial charge on any atom is -0.314 e. The standard InChI is InChI=1S/C18H17NO2/c1-19-16-11-6-5-10-15(16)18(17(19)21,12-7-13-20)14-8-3-2-4-9-14/h2-6,8-11,13H,7,12H2,1H3/t18-/m1/s1. The van der Waals surface area contributed by atoms with Crippen molar-refractivity contribution in [3.63, 3.8) is 0 Å². The van der Waals surface area contributed by atoms with E-state index in [0.29, 0.717) is 12.8 Å². The van der Waals surface area contributed by atoms with Gasteiger partial charge in [0.2, 0.25) is 5.91 Å². The van der Waals surface area contributed by atoms with Crippen LogP contribution in [0.2, 0.25) is 0 Å². The van der Waals surface area contributed by atoms with Crippen LogP contribution in [-0.2, 0) is 15.0 Å². The van der Waals surface area contributed by atoms with Crippen LogP contribution >= 0.6 is 0 Å².